The number of aromatic nitrogens is 4. The summed E-state index contributed by atoms with van der Waals surface area (Å²) in [6.45, 7) is 0. The molecule has 0 saturated carbocycles. The Balaban J connectivity index is 0.729. The number of hydrogen-bond donors (Lipinski definition) is 0. The van der Waals surface area contributed by atoms with Crippen LogP contribution in [0, 0.1) is 0 Å². The molecule has 1 aliphatic heterocycles. The van der Waals surface area contributed by atoms with Gasteiger partial charge in [-0.25, -0.2) is 15.0 Å². The Morgan fingerprint density at radius 3 is 1.39 bits per heavy atom. The molecule has 0 bridgehead atoms. The molecule has 1 aliphatic carbocycles. The third kappa shape index (κ3) is 8.32. The molecule has 0 amide bonds. The first-order valence-corrected chi connectivity index (χ1v) is 27.4. The zero-order valence-electron chi connectivity index (χ0n) is 43.7. The van der Waals surface area contributed by atoms with Gasteiger partial charge in [-0.3, -0.25) is 0 Å². The van der Waals surface area contributed by atoms with E-state index in [4.69, 9.17) is 15.0 Å². The third-order valence-corrected chi connectivity index (χ3v) is 16.0. The van der Waals surface area contributed by atoms with Crippen molar-refractivity contribution in [2.24, 2.45) is 0 Å². The van der Waals surface area contributed by atoms with Crippen LogP contribution in [0.15, 0.2) is 297 Å². The van der Waals surface area contributed by atoms with Crippen LogP contribution in [-0.2, 0) is 0 Å². The molecular formula is C75H51N5. The quantitative estimate of drug-likeness (QED) is 0.137. The highest BCUT2D eigenvalue weighted by molar-refractivity contribution is 6.10. The van der Waals surface area contributed by atoms with Crippen molar-refractivity contribution in [1.29, 1.82) is 0 Å². The van der Waals surface area contributed by atoms with E-state index < -0.39 is 0 Å². The summed E-state index contributed by atoms with van der Waals surface area (Å²) in [6, 6.07) is 100. The molecule has 13 aromatic rings. The minimum absolute atomic E-state index is 0.110. The van der Waals surface area contributed by atoms with Gasteiger partial charge in [0.25, 0.3) is 0 Å². The number of rotatable bonds is 10. The number of anilines is 2. The van der Waals surface area contributed by atoms with Gasteiger partial charge in [0, 0.05) is 50.4 Å². The molecular weight excluding hydrogens is 971 g/mol. The molecule has 0 radical (unpaired) electrons. The Hall–Kier alpha value is -10.5. The van der Waals surface area contributed by atoms with Crippen molar-refractivity contribution in [3.8, 4) is 84.4 Å². The van der Waals surface area contributed by atoms with E-state index >= 15 is 0 Å². The van der Waals surface area contributed by atoms with Crippen molar-refractivity contribution < 1.29 is 0 Å². The average molecular weight is 1020 g/mol. The lowest BCUT2D eigenvalue weighted by atomic mass is 9.86. The van der Waals surface area contributed by atoms with E-state index in [9.17, 15) is 0 Å². The number of nitrogens with zero attached hydrogens (tertiary/aromatic N) is 5. The van der Waals surface area contributed by atoms with Crippen LogP contribution in [0.2, 0.25) is 0 Å². The molecule has 2 aliphatic rings. The molecule has 2 atom stereocenters. The van der Waals surface area contributed by atoms with Gasteiger partial charge in [0.2, 0.25) is 0 Å². The number of hydrogen-bond acceptors (Lipinski definition) is 4. The van der Waals surface area contributed by atoms with E-state index in [1.165, 1.54) is 77.7 Å². The second kappa shape index (κ2) is 19.8. The molecule has 5 heteroatoms. The summed E-state index contributed by atoms with van der Waals surface area (Å²) in [5.41, 5.74) is 21.9. The molecule has 5 nitrogen and oxygen atoms in total. The molecule has 80 heavy (non-hydrogen) atoms. The maximum absolute atomic E-state index is 4.99. The van der Waals surface area contributed by atoms with Crippen LogP contribution in [0.3, 0.4) is 0 Å². The first-order chi connectivity index (χ1) is 39.7. The Morgan fingerprint density at radius 2 is 0.762 bits per heavy atom. The standard InChI is InChI=1S/C75H51N5/c1-4-18-50(19-5-1)57-40-46-67-65-28-14-16-30-69(65)79(71(67)48-57)59-42-36-51(37-43-59)58-41-47-68-66-29-15-17-31-70(66)80(72(68)49-58)60-44-38-53(39-45-60)62-25-11-13-27-64(62)63-26-12-10-24-61(63)52-32-34-56(35-33-52)75-77-73(54-20-6-2-7-21-54)76-74(78-75)55-22-8-3-9-23-55/h1-49,68,72H. The van der Waals surface area contributed by atoms with Gasteiger partial charge < -0.3 is 9.47 Å². The van der Waals surface area contributed by atoms with E-state index in [1.807, 2.05) is 60.7 Å². The Bertz CT molecular complexity index is 4450. The molecule has 15 rings (SSSR count). The van der Waals surface area contributed by atoms with Crippen LogP contribution in [0.25, 0.3) is 112 Å². The highest BCUT2D eigenvalue weighted by atomic mass is 15.2. The summed E-state index contributed by atoms with van der Waals surface area (Å²) in [6.07, 6.45) is 7.22. The molecule has 2 aromatic heterocycles. The van der Waals surface area contributed by atoms with Crippen LogP contribution in [0.5, 0.6) is 0 Å². The fourth-order valence-electron chi connectivity index (χ4n) is 12.2. The van der Waals surface area contributed by atoms with Gasteiger partial charge in [0.1, 0.15) is 0 Å². The lowest BCUT2D eigenvalue weighted by molar-refractivity contribution is 0.747. The van der Waals surface area contributed by atoms with Crippen LogP contribution in [-0.4, -0.2) is 25.6 Å². The number of benzene rings is 11. The number of para-hydroxylation sites is 2. The highest BCUT2D eigenvalue weighted by Crippen LogP contribution is 2.50. The predicted molar refractivity (Wildman–Crippen MR) is 331 cm³/mol. The SMILES string of the molecule is C1=CC2c3ccccc3N(c3ccc(-c4ccccc4-c4ccccc4-c4ccc(-c5nc(-c6ccccc6)nc(-c6ccccc6)n5)cc4)cc3)C2C=C1c1ccc(-n2c3ccccc3c3ccc(-c4ccccc4)cc32)cc1. The zero-order valence-corrected chi connectivity index (χ0v) is 43.7. The average Bonchev–Trinajstić information content (AvgIpc) is 4.22. The third-order valence-electron chi connectivity index (χ3n) is 16.0. The zero-order chi connectivity index (χ0) is 52.9. The highest BCUT2D eigenvalue weighted by Gasteiger charge is 2.38. The molecule has 11 aromatic carbocycles. The summed E-state index contributed by atoms with van der Waals surface area (Å²) in [4.78, 5) is 17.4. The lowest BCUT2D eigenvalue weighted by Gasteiger charge is -2.30. The minimum Gasteiger partial charge on any atom is -0.333 e. The van der Waals surface area contributed by atoms with Crippen LogP contribution < -0.4 is 4.90 Å². The molecule has 0 saturated heterocycles. The van der Waals surface area contributed by atoms with Crippen molar-refractivity contribution in [1.82, 2.24) is 19.5 Å². The van der Waals surface area contributed by atoms with Gasteiger partial charge in [-0.15, -0.1) is 0 Å². The van der Waals surface area contributed by atoms with Crippen molar-refractivity contribution in [2.75, 3.05) is 4.90 Å². The topological polar surface area (TPSA) is 46.8 Å². The van der Waals surface area contributed by atoms with E-state index in [2.05, 4.69) is 246 Å². The van der Waals surface area contributed by atoms with E-state index in [-0.39, 0.29) is 12.0 Å². The van der Waals surface area contributed by atoms with Crippen molar-refractivity contribution in [3.63, 3.8) is 0 Å². The fraction of sp³-hybridized carbons (Fsp3) is 0.0267. The second-order valence-corrected chi connectivity index (χ2v) is 20.7. The fourth-order valence-corrected chi connectivity index (χ4v) is 12.2. The Labute approximate surface area is 465 Å². The summed E-state index contributed by atoms with van der Waals surface area (Å²) < 4.78 is 2.42. The largest absolute Gasteiger partial charge is 0.333 e. The smallest absolute Gasteiger partial charge is 0.164 e. The minimum atomic E-state index is 0.110. The van der Waals surface area contributed by atoms with Gasteiger partial charge in [-0.1, -0.05) is 255 Å². The summed E-state index contributed by atoms with van der Waals surface area (Å²) in [7, 11) is 0. The van der Waals surface area contributed by atoms with E-state index in [0.29, 0.717) is 17.5 Å². The summed E-state index contributed by atoms with van der Waals surface area (Å²) in [5, 5.41) is 2.51. The molecule has 0 fully saturated rings. The Kier molecular flexibility index (Phi) is 11.6. The molecule has 3 heterocycles. The first kappa shape index (κ1) is 46.8. The number of allylic oxidation sites excluding steroid dienone is 2. The summed E-state index contributed by atoms with van der Waals surface area (Å²) >= 11 is 0. The molecule has 0 spiro atoms. The van der Waals surface area contributed by atoms with Gasteiger partial charge in [0.15, 0.2) is 17.5 Å². The monoisotopic (exact) mass is 1020 g/mol. The van der Waals surface area contributed by atoms with Gasteiger partial charge >= 0.3 is 0 Å². The Morgan fingerprint density at radius 1 is 0.312 bits per heavy atom. The van der Waals surface area contributed by atoms with Crippen molar-refractivity contribution in [2.45, 2.75) is 12.0 Å². The normalized spacial score (nSPS) is 14.5. The van der Waals surface area contributed by atoms with Crippen molar-refractivity contribution >= 4 is 38.8 Å². The lowest BCUT2D eigenvalue weighted by Crippen LogP contribution is -2.29. The van der Waals surface area contributed by atoms with E-state index in [0.717, 1.165) is 39.1 Å². The van der Waals surface area contributed by atoms with E-state index in [1.54, 1.807) is 0 Å². The molecule has 2 unspecified atom stereocenters. The van der Waals surface area contributed by atoms with Crippen molar-refractivity contribution in [3.05, 3.63) is 308 Å². The van der Waals surface area contributed by atoms with Crippen LogP contribution >= 0.6 is 0 Å². The maximum atomic E-state index is 4.99. The molecule has 0 N–H and O–H groups in total. The van der Waals surface area contributed by atoms with Crippen LogP contribution in [0.1, 0.15) is 17.0 Å². The molecule has 376 valence electrons. The van der Waals surface area contributed by atoms with Crippen LogP contribution in [0.4, 0.5) is 11.4 Å². The number of fused-ring (bicyclic) bond motifs is 6. The maximum Gasteiger partial charge on any atom is 0.164 e. The summed E-state index contributed by atoms with van der Waals surface area (Å²) in [5.74, 6) is 2.16. The predicted octanol–water partition coefficient (Wildman–Crippen LogP) is 18.9. The first-order valence-electron chi connectivity index (χ1n) is 27.4. The second-order valence-electron chi connectivity index (χ2n) is 20.7. The van der Waals surface area contributed by atoms with Gasteiger partial charge in [0.05, 0.1) is 17.1 Å². The van der Waals surface area contributed by atoms with Gasteiger partial charge in [-0.05, 0) is 104 Å². The van der Waals surface area contributed by atoms with Gasteiger partial charge in [-0.2, -0.15) is 0 Å².